The fourth-order valence-corrected chi connectivity index (χ4v) is 3.41. The molecule has 0 radical (unpaired) electrons. The van der Waals surface area contributed by atoms with E-state index in [4.69, 9.17) is 9.47 Å². The first-order valence-electron chi connectivity index (χ1n) is 9.83. The predicted molar refractivity (Wildman–Crippen MR) is 122 cm³/mol. The van der Waals surface area contributed by atoms with E-state index in [2.05, 4.69) is 24.4 Å². The van der Waals surface area contributed by atoms with E-state index in [1.165, 1.54) is 17.6 Å². The van der Waals surface area contributed by atoms with E-state index in [0.29, 0.717) is 21.9 Å². The molecule has 3 aromatic rings. The minimum absolute atomic E-state index is 0.140. The number of esters is 1. The number of aryl methyl sites for hydroxylation is 1. The van der Waals surface area contributed by atoms with Crippen LogP contribution < -0.4 is 14.9 Å². The van der Waals surface area contributed by atoms with E-state index in [1.54, 1.807) is 36.4 Å². The van der Waals surface area contributed by atoms with E-state index in [9.17, 15) is 9.59 Å². The lowest BCUT2D eigenvalue weighted by molar-refractivity contribution is -0.123. The van der Waals surface area contributed by atoms with Gasteiger partial charge in [0.1, 0.15) is 16.4 Å². The number of nitrogens with one attached hydrogen (secondary N) is 1. The lowest BCUT2D eigenvalue weighted by Gasteiger charge is -2.14. The highest BCUT2D eigenvalue weighted by molar-refractivity contribution is 7.12. The summed E-state index contributed by atoms with van der Waals surface area (Å²) >= 11 is 1.32. The van der Waals surface area contributed by atoms with Crippen LogP contribution in [-0.2, 0) is 4.79 Å². The number of amides is 1. The summed E-state index contributed by atoms with van der Waals surface area (Å²) in [6, 6.07) is 16.3. The Morgan fingerprint density at radius 3 is 2.71 bits per heavy atom. The molecule has 160 valence electrons. The first-order valence-corrected chi connectivity index (χ1v) is 10.7. The van der Waals surface area contributed by atoms with Gasteiger partial charge in [-0.1, -0.05) is 44.2 Å². The molecular weight excluding hydrogens is 412 g/mol. The molecule has 0 aliphatic heterocycles. The lowest BCUT2D eigenvalue weighted by Crippen LogP contribution is -2.25. The molecule has 0 saturated carbocycles. The number of thiophene rings is 1. The summed E-state index contributed by atoms with van der Waals surface area (Å²) in [6.07, 6.45) is 1.48. The SMILES string of the molecule is Cc1ccc(C(C)C)c(OCC(=O)N/N=C/c2cccc(OC(=O)c3cccs3)c2)c1. The van der Waals surface area contributed by atoms with E-state index < -0.39 is 5.97 Å². The van der Waals surface area contributed by atoms with Crippen LogP contribution in [0.5, 0.6) is 11.5 Å². The minimum Gasteiger partial charge on any atom is -0.483 e. The maximum absolute atomic E-state index is 12.1. The van der Waals surface area contributed by atoms with Gasteiger partial charge in [-0.2, -0.15) is 5.10 Å². The quantitative estimate of drug-likeness (QED) is 0.235. The molecule has 1 heterocycles. The van der Waals surface area contributed by atoms with Crippen LogP contribution in [-0.4, -0.2) is 24.7 Å². The highest BCUT2D eigenvalue weighted by atomic mass is 32.1. The van der Waals surface area contributed by atoms with Gasteiger partial charge in [-0.05, 0) is 59.2 Å². The second-order valence-electron chi connectivity index (χ2n) is 7.22. The average molecular weight is 437 g/mol. The maximum atomic E-state index is 12.1. The molecule has 3 rings (SSSR count). The van der Waals surface area contributed by atoms with Gasteiger partial charge in [0, 0.05) is 0 Å². The highest BCUT2D eigenvalue weighted by Crippen LogP contribution is 2.27. The third-order valence-corrected chi connectivity index (χ3v) is 5.19. The molecule has 7 heteroatoms. The summed E-state index contributed by atoms with van der Waals surface area (Å²) in [5, 5.41) is 5.77. The number of hydrazone groups is 1. The Bertz CT molecular complexity index is 1070. The molecule has 0 atom stereocenters. The van der Waals surface area contributed by atoms with Crippen LogP contribution in [0.2, 0.25) is 0 Å². The van der Waals surface area contributed by atoms with Crippen LogP contribution in [0.4, 0.5) is 0 Å². The summed E-state index contributed by atoms with van der Waals surface area (Å²) in [6.45, 7) is 5.99. The van der Waals surface area contributed by atoms with Crippen molar-refractivity contribution in [3.05, 3.63) is 81.5 Å². The molecule has 1 N–H and O–H groups in total. The van der Waals surface area contributed by atoms with Crippen LogP contribution in [0.1, 0.15) is 46.1 Å². The van der Waals surface area contributed by atoms with Crippen molar-refractivity contribution in [2.24, 2.45) is 5.10 Å². The lowest BCUT2D eigenvalue weighted by atomic mass is 10.0. The van der Waals surface area contributed by atoms with E-state index in [-0.39, 0.29) is 18.4 Å². The molecule has 31 heavy (non-hydrogen) atoms. The Morgan fingerprint density at radius 2 is 1.97 bits per heavy atom. The maximum Gasteiger partial charge on any atom is 0.353 e. The van der Waals surface area contributed by atoms with Gasteiger partial charge in [-0.25, -0.2) is 10.2 Å². The van der Waals surface area contributed by atoms with E-state index >= 15 is 0 Å². The van der Waals surface area contributed by atoms with Crippen molar-refractivity contribution in [3.63, 3.8) is 0 Å². The van der Waals surface area contributed by atoms with Crippen LogP contribution in [0.3, 0.4) is 0 Å². The zero-order valence-corrected chi connectivity index (χ0v) is 18.4. The summed E-state index contributed by atoms with van der Waals surface area (Å²) in [7, 11) is 0. The molecular formula is C24H24N2O4S. The zero-order valence-electron chi connectivity index (χ0n) is 17.6. The Morgan fingerprint density at radius 1 is 1.13 bits per heavy atom. The summed E-state index contributed by atoms with van der Waals surface area (Å²) in [5.41, 5.74) is 5.24. The fourth-order valence-electron chi connectivity index (χ4n) is 2.81. The standard InChI is InChI=1S/C24H24N2O4S/c1-16(2)20-10-9-17(3)12-21(20)29-15-23(27)26-25-14-18-6-4-7-19(13-18)30-24(28)22-8-5-11-31-22/h4-14,16H,15H2,1-3H3,(H,26,27)/b25-14+. The molecule has 1 amide bonds. The summed E-state index contributed by atoms with van der Waals surface area (Å²) < 4.78 is 11.1. The number of carbonyl (C=O) groups excluding carboxylic acids is 2. The number of nitrogens with zero attached hydrogens (tertiary/aromatic N) is 1. The van der Waals surface area contributed by atoms with Gasteiger partial charge < -0.3 is 9.47 Å². The van der Waals surface area contributed by atoms with Gasteiger partial charge in [0.25, 0.3) is 5.91 Å². The van der Waals surface area contributed by atoms with Crippen LogP contribution in [0.15, 0.2) is 65.1 Å². The second-order valence-corrected chi connectivity index (χ2v) is 8.16. The summed E-state index contributed by atoms with van der Waals surface area (Å²) in [5.74, 6) is 0.615. The molecule has 0 aliphatic rings. The number of hydrogen-bond donors (Lipinski definition) is 1. The van der Waals surface area contributed by atoms with Crippen molar-refractivity contribution in [2.75, 3.05) is 6.61 Å². The molecule has 6 nitrogen and oxygen atoms in total. The minimum atomic E-state index is -0.411. The average Bonchev–Trinajstić information content (AvgIpc) is 3.27. The van der Waals surface area contributed by atoms with Crippen molar-refractivity contribution >= 4 is 29.4 Å². The Balaban J connectivity index is 1.53. The van der Waals surface area contributed by atoms with Gasteiger partial charge in [0.05, 0.1) is 6.21 Å². The zero-order chi connectivity index (χ0) is 22.2. The van der Waals surface area contributed by atoms with Gasteiger partial charge in [-0.15, -0.1) is 11.3 Å². The molecule has 2 aromatic carbocycles. The molecule has 1 aromatic heterocycles. The largest absolute Gasteiger partial charge is 0.483 e. The normalized spacial score (nSPS) is 11.0. The predicted octanol–water partition coefficient (Wildman–Crippen LogP) is 4.93. The highest BCUT2D eigenvalue weighted by Gasteiger charge is 2.11. The van der Waals surface area contributed by atoms with Crippen molar-refractivity contribution in [1.29, 1.82) is 0 Å². The van der Waals surface area contributed by atoms with Crippen molar-refractivity contribution in [1.82, 2.24) is 5.43 Å². The Labute approximate surface area is 185 Å². The smallest absolute Gasteiger partial charge is 0.353 e. The molecule has 0 fully saturated rings. The van der Waals surface area contributed by atoms with Crippen LogP contribution in [0.25, 0.3) is 0 Å². The van der Waals surface area contributed by atoms with Gasteiger partial charge >= 0.3 is 5.97 Å². The third kappa shape index (κ3) is 6.52. The Hall–Kier alpha value is -3.45. The van der Waals surface area contributed by atoms with Crippen molar-refractivity contribution in [2.45, 2.75) is 26.7 Å². The molecule has 0 unspecified atom stereocenters. The topological polar surface area (TPSA) is 77.0 Å². The number of ether oxygens (including phenoxy) is 2. The number of benzene rings is 2. The molecule has 0 spiro atoms. The molecule has 0 saturated heterocycles. The van der Waals surface area contributed by atoms with Crippen LogP contribution >= 0.6 is 11.3 Å². The van der Waals surface area contributed by atoms with E-state index in [0.717, 1.165) is 11.1 Å². The first kappa shape index (κ1) is 22.2. The third-order valence-electron chi connectivity index (χ3n) is 4.34. The van der Waals surface area contributed by atoms with Gasteiger partial charge in [-0.3, -0.25) is 4.79 Å². The number of carbonyl (C=O) groups is 2. The number of hydrogen-bond acceptors (Lipinski definition) is 6. The second kappa shape index (κ2) is 10.5. The Kier molecular flexibility index (Phi) is 7.56. The monoisotopic (exact) mass is 436 g/mol. The van der Waals surface area contributed by atoms with Crippen LogP contribution in [0, 0.1) is 6.92 Å². The molecule has 0 aliphatic carbocycles. The van der Waals surface area contributed by atoms with Crippen molar-refractivity contribution in [3.8, 4) is 11.5 Å². The van der Waals surface area contributed by atoms with Gasteiger partial charge in [0.15, 0.2) is 6.61 Å². The summed E-state index contributed by atoms with van der Waals surface area (Å²) in [4.78, 5) is 24.7. The number of rotatable bonds is 8. The van der Waals surface area contributed by atoms with E-state index in [1.807, 2.05) is 30.5 Å². The first-order chi connectivity index (χ1) is 14.9. The van der Waals surface area contributed by atoms with Gasteiger partial charge in [0.2, 0.25) is 0 Å². The fraction of sp³-hybridized carbons (Fsp3) is 0.208. The van der Waals surface area contributed by atoms with Crippen molar-refractivity contribution < 1.29 is 19.1 Å². The molecule has 0 bridgehead atoms.